The van der Waals surface area contributed by atoms with Crippen LogP contribution in [0.5, 0.6) is 5.75 Å². The van der Waals surface area contributed by atoms with E-state index in [1.807, 2.05) is 6.07 Å². The fraction of sp³-hybridized carbons (Fsp3) is 0.278. The molecule has 0 spiro atoms. The van der Waals surface area contributed by atoms with Gasteiger partial charge in [0, 0.05) is 18.7 Å². The zero-order valence-corrected chi connectivity index (χ0v) is 14.5. The van der Waals surface area contributed by atoms with Gasteiger partial charge < -0.3 is 10.4 Å². The standard InChI is InChI=1S/C18H20N2O4S/c21-17-8-2-1-5-14(17)9-10-18(22)19-15-6-3-7-16(13-15)20-11-4-12-25(20,23)24/h1-3,5-8,13,21H,4,9-12H2,(H,19,22). The van der Waals surface area contributed by atoms with Crippen molar-refractivity contribution in [3.8, 4) is 5.75 Å². The van der Waals surface area contributed by atoms with E-state index in [9.17, 15) is 18.3 Å². The van der Waals surface area contributed by atoms with E-state index >= 15 is 0 Å². The van der Waals surface area contributed by atoms with Gasteiger partial charge in [0.05, 0.1) is 11.4 Å². The second-order valence-electron chi connectivity index (χ2n) is 5.97. The lowest BCUT2D eigenvalue weighted by Crippen LogP contribution is -2.25. The van der Waals surface area contributed by atoms with Crippen LogP contribution in [0.15, 0.2) is 48.5 Å². The summed E-state index contributed by atoms with van der Waals surface area (Å²) in [4.78, 5) is 12.1. The number of phenols is 1. The molecule has 1 fully saturated rings. The lowest BCUT2D eigenvalue weighted by Gasteiger charge is -2.17. The predicted molar refractivity (Wildman–Crippen MR) is 97.2 cm³/mol. The van der Waals surface area contributed by atoms with Gasteiger partial charge in [0.15, 0.2) is 0 Å². The third-order valence-electron chi connectivity index (χ3n) is 4.13. The van der Waals surface area contributed by atoms with Gasteiger partial charge in [-0.1, -0.05) is 24.3 Å². The molecular weight excluding hydrogens is 340 g/mol. The zero-order chi connectivity index (χ0) is 17.9. The van der Waals surface area contributed by atoms with Crippen LogP contribution in [0.1, 0.15) is 18.4 Å². The van der Waals surface area contributed by atoms with Gasteiger partial charge >= 0.3 is 0 Å². The molecule has 0 saturated carbocycles. The maximum Gasteiger partial charge on any atom is 0.235 e. The lowest BCUT2D eigenvalue weighted by atomic mass is 10.1. The summed E-state index contributed by atoms with van der Waals surface area (Å²) in [7, 11) is -3.24. The predicted octanol–water partition coefficient (Wildman–Crippen LogP) is 2.50. The fourth-order valence-corrected chi connectivity index (χ4v) is 4.42. The molecule has 0 aromatic heterocycles. The number of aromatic hydroxyl groups is 1. The Morgan fingerprint density at radius 2 is 1.96 bits per heavy atom. The third kappa shape index (κ3) is 4.11. The minimum Gasteiger partial charge on any atom is -0.508 e. The molecule has 0 unspecified atom stereocenters. The van der Waals surface area contributed by atoms with Crippen molar-refractivity contribution in [1.82, 2.24) is 0 Å². The number of aryl methyl sites for hydroxylation is 1. The number of hydrogen-bond acceptors (Lipinski definition) is 4. The highest BCUT2D eigenvalue weighted by molar-refractivity contribution is 7.93. The van der Waals surface area contributed by atoms with E-state index in [-0.39, 0.29) is 23.8 Å². The first-order chi connectivity index (χ1) is 12.0. The number of nitrogens with one attached hydrogen (secondary N) is 1. The molecule has 7 heteroatoms. The van der Waals surface area contributed by atoms with Crippen molar-refractivity contribution in [3.63, 3.8) is 0 Å². The summed E-state index contributed by atoms with van der Waals surface area (Å²) in [6.07, 6.45) is 1.27. The van der Waals surface area contributed by atoms with Gasteiger partial charge in [0.2, 0.25) is 15.9 Å². The highest BCUT2D eigenvalue weighted by Crippen LogP contribution is 2.26. The Labute approximate surface area is 147 Å². The number of benzene rings is 2. The quantitative estimate of drug-likeness (QED) is 0.858. The monoisotopic (exact) mass is 360 g/mol. The van der Waals surface area contributed by atoms with Crippen LogP contribution in [0.4, 0.5) is 11.4 Å². The van der Waals surface area contributed by atoms with E-state index in [4.69, 9.17) is 0 Å². The number of amides is 1. The lowest BCUT2D eigenvalue weighted by molar-refractivity contribution is -0.116. The molecule has 25 heavy (non-hydrogen) atoms. The number of carbonyl (C=O) groups excluding carboxylic acids is 1. The highest BCUT2D eigenvalue weighted by atomic mass is 32.2. The van der Waals surface area contributed by atoms with Crippen molar-refractivity contribution in [3.05, 3.63) is 54.1 Å². The van der Waals surface area contributed by atoms with Gasteiger partial charge in [-0.05, 0) is 42.7 Å². The Kier molecular flexibility index (Phi) is 4.94. The molecule has 1 amide bonds. The summed E-state index contributed by atoms with van der Waals surface area (Å²) in [6.45, 7) is 0.465. The first-order valence-corrected chi connectivity index (χ1v) is 9.74. The number of anilines is 2. The van der Waals surface area contributed by atoms with Gasteiger partial charge in [-0.3, -0.25) is 9.10 Å². The SMILES string of the molecule is O=C(CCc1ccccc1O)Nc1cccc(N2CCCS2(=O)=O)c1. The Morgan fingerprint density at radius 1 is 1.16 bits per heavy atom. The molecule has 1 aliphatic heterocycles. The van der Waals surface area contributed by atoms with E-state index in [2.05, 4.69) is 5.32 Å². The minimum absolute atomic E-state index is 0.157. The van der Waals surface area contributed by atoms with E-state index in [1.165, 1.54) is 4.31 Å². The van der Waals surface area contributed by atoms with Crippen molar-refractivity contribution < 1.29 is 18.3 Å². The van der Waals surface area contributed by atoms with Crippen LogP contribution in [0.2, 0.25) is 0 Å². The van der Waals surface area contributed by atoms with Gasteiger partial charge in [-0.2, -0.15) is 0 Å². The fourth-order valence-electron chi connectivity index (χ4n) is 2.86. The second-order valence-corrected chi connectivity index (χ2v) is 7.98. The van der Waals surface area contributed by atoms with Crippen LogP contribution < -0.4 is 9.62 Å². The molecule has 0 bridgehead atoms. The Hall–Kier alpha value is -2.54. The normalized spacial score (nSPS) is 15.9. The summed E-state index contributed by atoms with van der Waals surface area (Å²) in [5, 5.41) is 12.5. The molecule has 1 heterocycles. The molecular formula is C18H20N2O4S. The van der Waals surface area contributed by atoms with Crippen LogP contribution >= 0.6 is 0 Å². The smallest absolute Gasteiger partial charge is 0.235 e. The first-order valence-electron chi connectivity index (χ1n) is 8.13. The Bertz CT molecular complexity index is 880. The minimum atomic E-state index is -3.24. The van der Waals surface area contributed by atoms with Crippen molar-refractivity contribution >= 4 is 27.3 Å². The first kappa shape index (κ1) is 17.3. The van der Waals surface area contributed by atoms with Crippen molar-refractivity contribution in [1.29, 1.82) is 0 Å². The molecule has 0 radical (unpaired) electrons. The summed E-state index contributed by atoms with van der Waals surface area (Å²) in [5.41, 5.74) is 1.84. The van der Waals surface area contributed by atoms with Crippen LogP contribution in [-0.4, -0.2) is 31.7 Å². The van der Waals surface area contributed by atoms with Crippen LogP contribution in [0.3, 0.4) is 0 Å². The van der Waals surface area contributed by atoms with Gasteiger partial charge in [0.25, 0.3) is 0 Å². The highest BCUT2D eigenvalue weighted by Gasteiger charge is 2.28. The van der Waals surface area contributed by atoms with Crippen LogP contribution in [-0.2, 0) is 21.2 Å². The topological polar surface area (TPSA) is 86.7 Å². The molecule has 1 saturated heterocycles. The van der Waals surface area contributed by atoms with Crippen molar-refractivity contribution in [2.24, 2.45) is 0 Å². The largest absolute Gasteiger partial charge is 0.508 e. The number of hydrogen-bond donors (Lipinski definition) is 2. The van der Waals surface area contributed by atoms with E-state index < -0.39 is 10.0 Å². The number of nitrogens with zero attached hydrogens (tertiary/aromatic N) is 1. The van der Waals surface area contributed by atoms with Crippen LogP contribution in [0.25, 0.3) is 0 Å². The van der Waals surface area contributed by atoms with Crippen LogP contribution in [0, 0.1) is 0 Å². The number of phenolic OH excluding ortho intramolecular Hbond substituents is 1. The van der Waals surface area contributed by atoms with Gasteiger partial charge in [-0.15, -0.1) is 0 Å². The Morgan fingerprint density at radius 3 is 2.68 bits per heavy atom. The zero-order valence-electron chi connectivity index (χ0n) is 13.7. The van der Waals surface area contributed by atoms with E-state index in [0.29, 0.717) is 30.8 Å². The maximum absolute atomic E-state index is 12.1. The molecule has 2 aromatic rings. The third-order valence-corrected chi connectivity index (χ3v) is 6.00. The van der Waals surface area contributed by atoms with Gasteiger partial charge in [0.1, 0.15) is 5.75 Å². The summed E-state index contributed by atoms with van der Waals surface area (Å²) in [5.74, 6) is 0.144. The number of carbonyl (C=O) groups is 1. The summed E-state index contributed by atoms with van der Waals surface area (Å²) >= 11 is 0. The second kappa shape index (κ2) is 7.14. The summed E-state index contributed by atoms with van der Waals surface area (Å²) in [6, 6.07) is 13.8. The molecule has 2 N–H and O–H groups in total. The number of rotatable bonds is 5. The van der Waals surface area contributed by atoms with E-state index in [0.717, 1.165) is 5.56 Å². The maximum atomic E-state index is 12.1. The molecule has 132 valence electrons. The molecule has 0 atom stereocenters. The molecule has 0 aliphatic carbocycles. The number of para-hydroxylation sites is 1. The van der Waals surface area contributed by atoms with Crippen molar-refractivity contribution in [2.45, 2.75) is 19.3 Å². The average Bonchev–Trinajstić information content (AvgIpc) is 2.93. The van der Waals surface area contributed by atoms with E-state index in [1.54, 1.807) is 42.5 Å². The Balaban J connectivity index is 1.64. The average molecular weight is 360 g/mol. The molecule has 2 aromatic carbocycles. The number of sulfonamides is 1. The molecule has 1 aliphatic rings. The van der Waals surface area contributed by atoms with Crippen molar-refractivity contribution in [2.75, 3.05) is 21.9 Å². The summed E-state index contributed by atoms with van der Waals surface area (Å²) < 4.78 is 25.4. The molecule has 6 nitrogen and oxygen atoms in total. The molecule has 3 rings (SSSR count). The van der Waals surface area contributed by atoms with Gasteiger partial charge in [-0.25, -0.2) is 8.42 Å².